The lowest BCUT2D eigenvalue weighted by Gasteiger charge is -2.10. The van der Waals surface area contributed by atoms with Crippen LogP contribution in [0.1, 0.15) is 5.56 Å². The van der Waals surface area contributed by atoms with Crippen molar-refractivity contribution in [2.45, 2.75) is 6.92 Å². The second-order valence-corrected chi connectivity index (χ2v) is 6.34. The quantitative estimate of drug-likeness (QED) is 0.498. The monoisotopic (exact) mass is 353 g/mol. The normalized spacial score (nSPS) is 10.4. The maximum atomic E-state index is 4.85. The van der Waals surface area contributed by atoms with Gasteiger partial charge in [0, 0.05) is 11.6 Å². The number of nitrogens with zero attached hydrogens (tertiary/aromatic N) is 2. The van der Waals surface area contributed by atoms with E-state index in [-0.39, 0.29) is 0 Å². The maximum Gasteiger partial charge on any atom is 0.419 e. The summed E-state index contributed by atoms with van der Waals surface area (Å²) in [7, 11) is 0. The minimum atomic E-state index is 0.711. The van der Waals surface area contributed by atoms with E-state index in [1.165, 1.54) is 5.56 Å². The minimum Gasteiger partial charge on any atom is -0.245 e. The highest BCUT2D eigenvalue weighted by Gasteiger charge is 2.16. The summed E-state index contributed by atoms with van der Waals surface area (Å²) in [6.07, 6.45) is 1.99. The molecule has 132 valence electrons. The smallest absolute Gasteiger partial charge is 0.245 e. The van der Waals surface area contributed by atoms with Crippen molar-refractivity contribution in [3.05, 3.63) is 103 Å². The average molecular weight is 353 g/mol. The summed E-state index contributed by atoms with van der Waals surface area (Å²) in [6.45, 7) is 2.09. The molecule has 0 atom stereocenters. The van der Waals surface area contributed by atoms with Crippen LogP contribution < -0.4 is 15.4 Å². The van der Waals surface area contributed by atoms with Crippen LogP contribution >= 0.6 is 0 Å². The Morgan fingerprint density at radius 3 is 2.00 bits per heavy atom. The Labute approximate surface area is 159 Å². The van der Waals surface area contributed by atoms with Crippen LogP contribution in [0.2, 0.25) is 0 Å². The van der Waals surface area contributed by atoms with Gasteiger partial charge in [-0.1, -0.05) is 71.2 Å². The number of aromatic nitrogens is 2. The molecule has 0 aliphatic carbocycles. The Bertz CT molecular complexity index is 1010. The number of hydrogen-bond acceptors (Lipinski definition) is 3. The van der Waals surface area contributed by atoms with Crippen LogP contribution in [0.15, 0.2) is 97.2 Å². The van der Waals surface area contributed by atoms with E-state index in [0.29, 0.717) is 5.95 Å². The predicted molar refractivity (Wildman–Crippen MR) is 110 cm³/mol. The number of nitrogens with one attached hydrogen (secondary N) is 2. The number of benzene rings is 3. The molecule has 0 unspecified atom stereocenters. The molecule has 0 radical (unpaired) electrons. The van der Waals surface area contributed by atoms with Crippen LogP contribution in [0, 0.1) is 6.92 Å². The maximum absolute atomic E-state index is 4.85. The molecule has 0 saturated carbocycles. The Balaban J connectivity index is 1.72. The number of para-hydroxylation sites is 2. The molecule has 0 bridgehead atoms. The zero-order valence-electron chi connectivity index (χ0n) is 15.1. The van der Waals surface area contributed by atoms with Crippen molar-refractivity contribution in [1.82, 2.24) is 4.98 Å². The molecule has 2 N–H and O–H groups in total. The lowest BCUT2D eigenvalue weighted by Crippen LogP contribution is -2.45. The minimum absolute atomic E-state index is 0.711. The fraction of sp³-hybridized carbons (Fsp3) is 0.0435. The summed E-state index contributed by atoms with van der Waals surface area (Å²) in [6, 6.07) is 30.5. The van der Waals surface area contributed by atoms with Gasteiger partial charge >= 0.3 is 5.95 Å². The van der Waals surface area contributed by atoms with E-state index in [2.05, 4.69) is 41.9 Å². The fourth-order valence-electron chi connectivity index (χ4n) is 2.79. The van der Waals surface area contributed by atoms with E-state index in [9.17, 15) is 0 Å². The first-order chi connectivity index (χ1) is 13.3. The molecule has 0 fully saturated rings. The third-order valence-electron chi connectivity index (χ3n) is 4.24. The Morgan fingerprint density at radius 2 is 1.33 bits per heavy atom. The zero-order chi connectivity index (χ0) is 18.5. The molecule has 0 amide bonds. The summed E-state index contributed by atoms with van der Waals surface area (Å²) < 4.78 is 1.89. The molecule has 0 aliphatic heterocycles. The van der Waals surface area contributed by atoms with E-state index in [1.54, 1.807) is 0 Å². The summed E-state index contributed by atoms with van der Waals surface area (Å²) in [5, 5.41) is 3.40. The lowest BCUT2D eigenvalue weighted by atomic mass is 10.1. The van der Waals surface area contributed by atoms with Crippen molar-refractivity contribution in [3.63, 3.8) is 0 Å². The van der Waals surface area contributed by atoms with Gasteiger partial charge in [0.05, 0.1) is 17.6 Å². The summed E-state index contributed by atoms with van der Waals surface area (Å²) in [5.41, 5.74) is 8.58. The van der Waals surface area contributed by atoms with Gasteiger partial charge in [-0.25, -0.2) is 10.7 Å². The van der Waals surface area contributed by atoms with Gasteiger partial charge in [-0.05, 0) is 31.2 Å². The highest BCUT2D eigenvalue weighted by Crippen LogP contribution is 2.19. The first kappa shape index (κ1) is 16.8. The molecule has 4 rings (SSSR count). The Kier molecular flexibility index (Phi) is 4.79. The predicted octanol–water partition coefficient (Wildman–Crippen LogP) is 4.96. The molecule has 27 heavy (non-hydrogen) atoms. The van der Waals surface area contributed by atoms with Gasteiger partial charge in [0.2, 0.25) is 0 Å². The number of anilines is 3. The van der Waals surface area contributed by atoms with Gasteiger partial charge in [0.25, 0.3) is 0 Å². The van der Waals surface area contributed by atoms with Crippen molar-refractivity contribution >= 4 is 17.3 Å². The largest absolute Gasteiger partial charge is 0.419 e. The summed E-state index contributed by atoms with van der Waals surface area (Å²) >= 11 is 0. The molecule has 1 heterocycles. The second-order valence-electron chi connectivity index (χ2n) is 6.34. The van der Waals surface area contributed by atoms with Crippen LogP contribution in [0.5, 0.6) is 0 Å². The molecule has 0 spiro atoms. The number of rotatable bonds is 5. The van der Waals surface area contributed by atoms with Crippen LogP contribution in [-0.4, -0.2) is 4.98 Å². The molecule has 1 aromatic heterocycles. The highest BCUT2D eigenvalue weighted by atomic mass is 15.5. The van der Waals surface area contributed by atoms with E-state index in [4.69, 9.17) is 4.98 Å². The third-order valence-corrected chi connectivity index (χ3v) is 4.24. The summed E-state index contributed by atoms with van der Waals surface area (Å²) in [4.78, 5) is 4.85. The molecule has 0 saturated heterocycles. The standard InChI is InChI=1S/C23H20N4/c1-18-12-14-19(15-13-18)22-16-17-27(26-21-10-6-3-7-11-21)23(25-22)24-20-8-4-2-5-9-20/h2-17,26H,1H3/p+1. The number of hydrogen-bond donors (Lipinski definition) is 2. The van der Waals surface area contributed by atoms with Gasteiger partial charge < -0.3 is 0 Å². The van der Waals surface area contributed by atoms with Crippen molar-refractivity contribution in [2.24, 2.45) is 0 Å². The molecule has 4 nitrogen and oxygen atoms in total. The Hall–Kier alpha value is -3.66. The zero-order valence-corrected chi connectivity index (χ0v) is 15.1. The van der Waals surface area contributed by atoms with E-state index in [1.807, 2.05) is 77.6 Å². The van der Waals surface area contributed by atoms with Crippen LogP contribution in [0.3, 0.4) is 0 Å². The molecular formula is C23H21N4+. The molecule has 0 aliphatic rings. The molecular weight excluding hydrogens is 332 g/mol. The van der Waals surface area contributed by atoms with Crippen LogP contribution in [0.25, 0.3) is 11.3 Å². The molecule has 4 aromatic rings. The number of aryl methyl sites for hydroxylation is 1. The van der Waals surface area contributed by atoms with Gasteiger partial charge in [0.15, 0.2) is 5.69 Å². The van der Waals surface area contributed by atoms with Gasteiger partial charge in [0.1, 0.15) is 0 Å². The average Bonchev–Trinajstić information content (AvgIpc) is 2.71. The second kappa shape index (κ2) is 7.70. The van der Waals surface area contributed by atoms with E-state index < -0.39 is 0 Å². The topological polar surface area (TPSA) is 40.8 Å². The molecule has 4 heteroatoms. The molecule has 3 aromatic carbocycles. The van der Waals surface area contributed by atoms with Crippen LogP contribution in [0.4, 0.5) is 17.3 Å². The third kappa shape index (κ3) is 4.12. The fourth-order valence-corrected chi connectivity index (χ4v) is 2.79. The lowest BCUT2D eigenvalue weighted by molar-refractivity contribution is -0.630. The van der Waals surface area contributed by atoms with Gasteiger partial charge in [-0.2, -0.15) is 0 Å². The summed E-state index contributed by atoms with van der Waals surface area (Å²) in [5.74, 6) is 0.711. The van der Waals surface area contributed by atoms with Crippen LogP contribution in [-0.2, 0) is 0 Å². The van der Waals surface area contributed by atoms with E-state index in [0.717, 1.165) is 22.6 Å². The first-order valence-corrected chi connectivity index (χ1v) is 8.92. The SMILES string of the molecule is Cc1ccc(-c2cc[n+](Nc3ccccc3)c(Nc3ccccc3)n2)cc1. The first-order valence-electron chi connectivity index (χ1n) is 8.92. The van der Waals surface area contributed by atoms with Crippen molar-refractivity contribution in [3.8, 4) is 11.3 Å². The van der Waals surface area contributed by atoms with Crippen molar-refractivity contribution in [1.29, 1.82) is 0 Å². The van der Waals surface area contributed by atoms with Gasteiger partial charge in [-0.15, -0.1) is 4.68 Å². The highest BCUT2D eigenvalue weighted by molar-refractivity contribution is 5.61. The Morgan fingerprint density at radius 1 is 0.704 bits per heavy atom. The van der Waals surface area contributed by atoms with Crippen molar-refractivity contribution < 1.29 is 4.68 Å². The van der Waals surface area contributed by atoms with Gasteiger partial charge in [-0.3, -0.25) is 0 Å². The van der Waals surface area contributed by atoms with Crippen molar-refractivity contribution in [2.75, 3.05) is 10.7 Å². The van der Waals surface area contributed by atoms with E-state index >= 15 is 0 Å².